The lowest BCUT2D eigenvalue weighted by atomic mass is 9.89. The van der Waals surface area contributed by atoms with Crippen molar-refractivity contribution < 1.29 is 19.4 Å². The van der Waals surface area contributed by atoms with E-state index in [0.717, 1.165) is 0 Å². The molecular formula is C12H9NO4. The number of rotatable bonds is 1. The van der Waals surface area contributed by atoms with E-state index in [2.05, 4.69) is 5.32 Å². The number of cyclic esters (lactones) is 1. The van der Waals surface area contributed by atoms with Crippen LogP contribution in [0.3, 0.4) is 0 Å². The molecule has 2 atom stereocenters. The molecule has 0 saturated heterocycles. The highest BCUT2D eigenvalue weighted by Gasteiger charge is 2.53. The van der Waals surface area contributed by atoms with E-state index in [-0.39, 0.29) is 0 Å². The van der Waals surface area contributed by atoms with Crippen LogP contribution in [-0.4, -0.2) is 23.1 Å². The molecular weight excluding hydrogens is 222 g/mol. The quantitative estimate of drug-likeness (QED) is 0.682. The van der Waals surface area contributed by atoms with Crippen molar-refractivity contribution >= 4 is 17.6 Å². The van der Waals surface area contributed by atoms with Crippen LogP contribution < -0.4 is 5.32 Å². The second kappa shape index (κ2) is 3.18. The summed E-state index contributed by atoms with van der Waals surface area (Å²) in [7, 11) is 0. The van der Waals surface area contributed by atoms with Crippen LogP contribution in [0.2, 0.25) is 0 Å². The third-order valence-corrected chi connectivity index (χ3v) is 2.99. The number of para-hydroxylation sites is 1. The monoisotopic (exact) mass is 231 g/mol. The zero-order valence-electron chi connectivity index (χ0n) is 8.71. The number of esters is 1. The Balaban J connectivity index is 2.10. The fourth-order valence-electron chi connectivity index (χ4n) is 2.14. The van der Waals surface area contributed by atoms with Crippen LogP contribution in [0.25, 0.3) is 0 Å². The van der Waals surface area contributed by atoms with Crippen LogP contribution in [-0.2, 0) is 19.9 Å². The lowest BCUT2D eigenvalue weighted by Crippen LogP contribution is -2.45. The molecule has 0 fully saturated rings. The zero-order valence-corrected chi connectivity index (χ0v) is 8.71. The molecule has 86 valence electrons. The van der Waals surface area contributed by atoms with Gasteiger partial charge < -0.3 is 15.2 Å². The lowest BCUT2D eigenvalue weighted by molar-refractivity contribution is -0.158. The van der Waals surface area contributed by atoms with Gasteiger partial charge in [-0.05, 0) is 12.1 Å². The van der Waals surface area contributed by atoms with Crippen molar-refractivity contribution in [2.75, 3.05) is 5.32 Å². The molecule has 0 aromatic heterocycles. The SMILES string of the molecule is O=C1C=C[C@H]([C@]2(O)C(=O)Nc3ccccc32)O1. The normalized spacial score (nSPS) is 30.1. The Kier molecular flexibility index (Phi) is 1.88. The smallest absolute Gasteiger partial charge is 0.331 e. The number of aliphatic hydroxyl groups is 1. The van der Waals surface area contributed by atoms with Crippen LogP contribution in [0, 0.1) is 0 Å². The minimum atomic E-state index is -1.83. The Morgan fingerprint density at radius 3 is 2.76 bits per heavy atom. The summed E-state index contributed by atoms with van der Waals surface area (Å²) in [6.45, 7) is 0. The van der Waals surface area contributed by atoms with E-state index in [4.69, 9.17) is 4.74 Å². The molecule has 0 unspecified atom stereocenters. The summed E-state index contributed by atoms with van der Waals surface area (Å²) in [6, 6.07) is 6.78. The highest BCUT2D eigenvalue weighted by Crippen LogP contribution is 2.40. The van der Waals surface area contributed by atoms with E-state index >= 15 is 0 Å². The number of hydrogen-bond donors (Lipinski definition) is 2. The van der Waals surface area contributed by atoms with E-state index in [1.165, 1.54) is 12.2 Å². The number of carbonyl (C=O) groups excluding carboxylic acids is 2. The maximum absolute atomic E-state index is 11.9. The van der Waals surface area contributed by atoms with Crippen molar-refractivity contribution in [2.45, 2.75) is 11.7 Å². The van der Waals surface area contributed by atoms with Crippen molar-refractivity contribution in [2.24, 2.45) is 0 Å². The molecule has 0 saturated carbocycles. The predicted octanol–water partition coefficient (Wildman–Crippen LogP) is 0.308. The largest absolute Gasteiger partial charge is 0.451 e. The molecule has 0 spiro atoms. The van der Waals surface area contributed by atoms with Crippen molar-refractivity contribution in [1.29, 1.82) is 0 Å². The first-order valence-electron chi connectivity index (χ1n) is 5.14. The number of nitrogens with one attached hydrogen (secondary N) is 1. The summed E-state index contributed by atoms with van der Waals surface area (Å²) < 4.78 is 4.91. The molecule has 2 aliphatic rings. The summed E-state index contributed by atoms with van der Waals surface area (Å²) in [4.78, 5) is 22.9. The van der Waals surface area contributed by atoms with E-state index in [9.17, 15) is 14.7 Å². The van der Waals surface area contributed by atoms with Crippen molar-refractivity contribution in [3.63, 3.8) is 0 Å². The van der Waals surface area contributed by atoms with E-state index in [1.54, 1.807) is 24.3 Å². The summed E-state index contributed by atoms with van der Waals surface area (Å²) in [5, 5.41) is 13.1. The molecule has 1 aromatic rings. The number of amides is 1. The lowest BCUT2D eigenvalue weighted by Gasteiger charge is -2.25. The topological polar surface area (TPSA) is 75.6 Å². The van der Waals surface area contributed by atoms with Crippen LogP contribution in [0.4, 0.5) is 5.69 Å². The Morgan fingerprint density at radius 2 is 2.06 bits per heavy atom. The van der Waals surface area contributed by atoms with Crippen LogP contribution >= 0.6 is 0 Å². The summed E-state index contributed by atoms with van der Waals surface area (Å²) in [5.41, 5.74) is -0.870. The molecule has 3 rings (SSSR count). The van der Waals surface area contributed by atoms with Gasteiger partial charge in [0, 0.05) is 17.3 Å². The second-order valence-electron chi connectivity index (χ2n) is 3.98. The number of benzene rings is 1. The molecule has 0 aliphatic carbocycles. The van der Waals surface area contributed by atoms with Gasteiger partial charge in [0.1, 0.15) is 0 Å². The van der Waals surface area contributed by atoms with Gasteiger partial charge in [-0.2, -0.15) is 0 Å². The van der Waals surface area contributed by atoms with E-state index in [1.807, 2.05) is 0 Å². The van der Waals surface area contributed by atoms with Crippen molar-refractivity contribution in [3.05, 3.63) is 42.0 Å². The molecule has 1 aromatic carbocycles. The van der Waals surface area contributed by atoms with Crippen LogP contribution in [0.1, 0.15) is 5.56 Å². The molecule has 0 bridgehead atoms. The third kappa shape index (κ3) is 1.23. The minimum absolute atomic E-state index is 0.425. The van der Waals surface area contributed by atoms with Gasteiger partial charge in [-0.3, -0.25) is 4.79 Å². The van der Waals surface area contributed by atoms with Gasteiger partial charge in [0.15, 0.2) is 6.10 Å². The summed E-state index contributed by atoms with van der Waals surface area (Å²) in [6.07, 6.45) is 1.62. The van der Waals surface area contributed by atoms with Crippen molar-refractivity contribution in [3.8, 4) is 0 Å². The Bertz CT molecular complexity index is 551. The third-order valence-electron chi connectivity index (χ3n) is 2.99. The molecule has 1 amide bonds. The number of ether oxygens (including phenoxy) is 1. The van der Waals surface area contributed by atoms with Gasteiger partial charge in [0.2, 0.25) is 5.60 Å². The second-order valence-corrected chi connectivity index (χ2v) is 3.98. The molecule has 0 radical (unpaired) electrons. The fourth-order valence-corrected chi connectivity index (χ4v) is 2.14. The first-order valence-corrected chi connectivity index (χ1v) is 5.14. The van der Waals surface area contributed by atoms with Gasteiger partial charge in [-0.15, -0.1) is 0 Å². The molecule has 2 heterocycles. The molecule has 5 nitrogen and oxygen atoms in total. The number of anilines is 1. The Labute approximate surface area is 96.7 Å². The van der Waals surface area contributed by atoms with Gasteiger partial charge in [0.25, 0.3) is 5.91 Å². The molecule has 5 heteroatoms. The van der Waals surface area contributed by atoms with Gasteiger partial charge in [-0.25, -0.2) is 4.79 Å². The maximum Gasteiger partial charge on any atom is 0.331 e. The summed E-state index contributed by atoms with van der Waals surface area (Å²) in [5.74, 6) is -1.14. The zero-order chi connectivity index (χ0) is 12.0. The maximum atomic E-state index is 11.9. The highest BCUT2D eigenvalue weighted by atomic mass is 16.6. The molecule has 2 aliphatic heterocycles. The molecule has 17 heavy (non-hydrogen) atoms. The fraction of sp³-hybridized carbons (Fsp3) is 0.167. The van der Waals surface area contributed by atoms with Gasteiger partial charge >= 0.3 is 5.97 Å². The minimum Gasteiger partial charge on any atom is -0.451 e. The highest BCUT2D eigenvalue weighted by molar-refractivity contribution is 6.06. The number of fused-ring (bicyclic) bond motifs is 1. The van der Waals surface area contributed by atoms with Crippen molar-refractivity contribution in [1.82, 2.24) is 0 Å². The van der Waals surface area contributed by atoms with Crippen LogP contribution in [0.15, 0.2) is 36.4 Å². The Morgan fingerprint density at radius 1 is 1.29 bits per heavy atom. The van der Waals surface area contributed by atoms with E-state index < -0.39 is 23.6 Å². The summed E-state index contributed by atoms with van der Waals surface area (Å²) >= 11 is 0. The number of hydrogen-bond acceptors (Lipinski definition) is 4. The van der Waals surface area contributed by atoms with E-state index in [0.29, 0.717) is 11.3 Å². The number of carbonyl (C=O) groups is 2. The average molecular weight is 231 g/mol. The van der Waals surface area contributed by atoms with Gasteiger partial charge in [0.05, 0.1) is 0 Å². The first-order chi connectivity index (χ1) is 8.12. The first kappa shape index (κ1) is 10.0. The predicted molar refractivity (Wildman–Crippen MR) is 58.0 cm³/mol. The Hall–Kier alpha value is -2.14. The molecule has 2 N–H and O–H groups in total. The van der Waals surface area contributed by atoms with Crippen LogP contribution in [0.5, 0.6) is 0 Å². The standard InChI is InChI=1S/C12H9NO4/c14-10-6-5-9(17-10)12(16)7-3-1-2-4-8(7)13-11(12)15/h1-6,9,16H,(H,13,15)/t9-,12+/m1/s1. The average Bonchev–Trinajstić information content (AvgIpc) is 2.85. The van der Waals surface area contributed by atoms with Gasteiger partial charge in [-0.1, -0.05) is 18.2 Å².